The highest BCUT2D eigenvalue weighted by Crippen LogP contribution is 2.32. The molecular weight excluding hydrogens is 436 g/mol. The predicted octanol–water partition coefficient (Wildman–Crippen LogP) is 5.57. The molecule has 0 aliphatic heterocycles. The Kier molecular flexibility index (Phi) is 7.53. The average Bonchev–Trinajstić information content (AvgIpc) is 2.80. The van der Waals surface area contributed by atoms with Gasteiger partial charge in [0.1, 0.15) is 5.82 Å². The summed E-state index contributed by atoms with van der Waals surface area (Å²) in [4.78, 5) is 24.7. The Balaban J connectivity index is 1.33. The average molecular weight is 479 g/mol. The smallest absolute Gasteiger partial charge is 0.319 e. The second kappa shape index (κ2) is 10.4. The van der Waals surface area contributed by atoms with Crippen molar-refractivity contribution in [2.45, 2.75) is 96.6 Å². The third-order valence-electron chi connectivity index (χ3n) is 7.30. The number of hydrogen-bond donors (Lipinski definition) is 3. The lowest BCUT2D eigenvalue weighted by Gasteiger charge is -2.31. The standard InChI is InChI=1S/C28H42N6O/c1-18-10-9-12-22(28(2,3)4)24(18)32-27(35)30-20-16-14-19(15-17-20)29-26-31-23-13-8-7-11-21(23)25(33-26)34(5)6/h9-10,12,19-20H,7-8,11,13-17H2,1-6H3,(H,29,31,33)(H2,30,32,35)/t19-,20+. The third-order valence-corrected chi connectivity index (χ3v) is 7.30. The summed E-state index contributed by atoms with van der Waals surface area (Å²) in [6, 6.07) is 6.60. The number of anilines is 3. The molecule has 1 saturated carbocycles. The maximum Gasteiger partial charge on any atom is 0.319 e. The number of nitrogens with one attached hydrogen (secondary N) is 3. The van der Waals surface area contributed by atoms with Crippen molar-refractivity contribution in [1.82, 2.24) is 15.3 Å². The van der Waals surface area contributed by atoms with Crippen LogP contribution in [-0.4, -0.2) is 42.2 Å². The fraction of sp³-hybridized carbons (Fsp3) is 0.607. The summed E-state index contributed by atoms with van der Waals surface area (Å²) in [6.07, 6.45) is 8.39. The first-order valence-corrected chi connectivity index (χ1v) is 13.1. The van der Waals surface area contributed by atoms with Crippen molar-refractivity contribution in [2.75, 3.05) is 29.6 Å². The zero-order valence-electron chi connectivity index (χ0n) is 22.3. The lowest BCUT2D eigenvalue weighted by molar-refractivity contribution is 0.243. The fourth-order valence-electron chi connectivity index (χ4n) is 5.37. The Labute approximate surface area is 210 Å². The van der Waals surface area contributed by atoms with Gasteiger partial charge in [0.25, 0.3) is 0 Å². The van der Waals surface area contributed by atoms with Crippen molar-refractivity contribution in [3.05, 3.63) is 40.6 Å². The number of carbonyl (C=O) groups is 1. The van der Waals surface area contributed by atoms with Gasteiger partial charge in [0, 0.05) is 37.4 Å². The zero-order valence-corrected chi connectivity index (χ0v) is 22.3. The molecular formula is C28H42N6O. The maximum atomic E-state index is 12.9. The fourth-order valence-corrected chi connectivity index (χ4v) is 5.37. The van der Waals surface area contributed by atoms with E-state index in [1.165, 1.54) is 24.1 Å². The van der Waals surface area contributed by atoms with Gasteiger partial charge in [-0.2, -0.15) is 4.98 Å². The van der Waals surface area contributed by atoms with E-state index in [-0.39, 0.29) is 17.5 Å². The van der Waals surface area contributed by atoms with E-state index in [0.717, 1.165) is 67.1 Å². The van der Waals surface area contributed by atoms with Crippen LogP contribution in [0.2, 0.25) is 0 Å². The van der Waals surface area contributed by atoms with E-state index in [1.807, 2.05) is 13.0 Å². The molecule has 0 radical (unpaired) electrons. The van der Waals surface area contributed by atoms with Crippen molar-refractivity contribution in [1.29, 1.82) is 0 Å². The van der Waals surface area contributed by atoms with Crippen LogP contribution in [0.3, 0.4) is 0 Å². The first-order valence-electron chi connectivity index (χ1n) is 13.1. The second-order valence-corrected chi connectivity index (χ2v) is 11.4. The molecule has 0 spiro atoms. The molecule has 2 aliphatic rings. The van der Waals surface area contributed by atoms with Crippen LogP contribution < -0.4 is 20.9 Å². The van der Waals surface area contributed by atoms with Crippen LogP contribution in [0.4, 0.5) is 22.2 Å². The molecule has 7 heteroatoms. The maximum absolute atomic E-state index is 12.9. The van der Waals surface area contributed by atoms with Gasteiger partial charge in [0.05, 0.1) is 5.69 Å². The summed E-state index contributed by atoms with van der Waals surface area (Å²) in [5.41, 5.74) is 5.65. The van der Waals surface area contributed by atoms with Crippen LogP contribution in [0.5, 0.6) is 0 Å². The summed E-state index contributed by atoms with van der Waals surface area (Å²) >= 11 is 0. The zero-order chi connectivity index (χ0) is 25.2. The molecule has 35 heavy (non-hydrogen) atoms. The number of nitrogens with zero attached hydrogens (tertiary/aromatic N) is 3. The van der Waals surface area contributed by atoms with Crippen LogP contribution >= 0.6 is 0 Å². The molecule has 2 amide bonds. The number of fused-ring (bicyclic) bond motifs is 1. The quantitative estimate of drug-likeness (QED) is 0.523. The first-order chi connectivity index (χ1) is 16.6. The van der Waals surface area contributed by atoms with E-state index in [0.29, 0.717) is 6.04 Å². The Morgan fingerprint density at radius 3 is 2.37 bits per heavy atom. The minimum absolute atomic E-state index is 0.0381. The summed E-state index contributed by atoms with van der Waals surface area (Å²) < 4.78 is 0. The number of aryl methyl sites for hydroxylation is 2. The Morgan fingerprint density at radius 1 is 1.00 bits per heavy atom. The number of aromatic nitrogens is 2. The number of hydrogen-bond acceptors (Lipinski definition) is 5. The number of rotatable bonds is 5. The molecule has 2 aliphatic carbocycles. The molecule has 0 unspecified atom stereocenters. The lowest BCUT2D eigenvalue weighted by Crippen LogP contribution is -2.42. The predicted molar refractivity (Wildman–Crippen MR) is 145 cm³/mol. The Hall–Kier alpha value is -2.83. The SMILES string of the molecule is Cc1cccc(C(C)(C)C)c1NC(=O)N[C@H]1CC[C@@H](Nc2nc3c(c(N(C)C)n2)CCCC3)CC1. The van der Waals surface area contributed by atoms with E-state index < -0.39 is 0 Å². The van der Waals surface area contributed by atoms with Crippen LogP contribution in [-0.2, 0) is 18.3 Å². The molecule has 1 aromatic heterocycles. The highest BCUT2D eigenvalue weighted by atomic mass is 16.2. The monoisotopic (exact) mass is 478 g/mol. The van der Waals surface area contributed by atoms with Crippen molar-refractivity contribution >= 4 is 23.5 Å². The minimum atomic E-state index is -0.116. The molecule has 190 valence electrons. The van der Waals surface area contributed by atoms with Gasteiger partial charge in [-0.05, 0) is 74.8 Å². The van der Waals surface area contributed by atoms with Crippen molar-refractivity contribution in [2.24, 2.45) is 0 Å². The highest BCUT2D eigenvalue weighted by molar-refractivity contribution is 5.91. The van der Waals surface area contributed by atoms with Gasteiger partial charge in [0.2, 0.25) is 5.95 Å². The van der Waals surface area contributed by atoms with Crippen LogP contribution in [0.1, 0.15) is 81.7 Å². The molecule has 0 atom stereocenters. The Morgan fingerprint density at radius 2 is 1.69 bits per heavy atom. The number of benzene rings is 1. The van der Waals surface area contributed by atoms with E-state index in [1.54, 1.807) is 0 Å². The molecule has 4 rings (SSSR count). The van der Waals surface area contributed by atoms with Crippen LogP contribution in [0.25, 0.3) is 0 Å². The number of para-hydroxylation sites is 1. The molecule has 3 N–H and O–H groups in total. The molecule has 1 fully saturated rings. The van der Waals surface area contributed by atoms with E-state index >= 15 is 0 Å². The van der Waals surface area contributed by atoms with Gasteiger partial charge in [-0.3, -0.25) is 0 Å². The largest absolute Gasteiger partial charge is 0.362 e. The summed E-state index contributed by atoms with van der Waals surface area (Å²) in [5.74, 6) is 1.80. The van der Waals surface area contributed by atoms with Gasteiger partial charge in [0.15, 0.2) is 0 Å². The molecule has 0 bridgehead atoms. The minimum Gasteiger partial charge on any atom is -0.362 e. The van der Waals surface area contributed by atoms with Gasteiger partial charge < -0.3 is 20.9 Å². The summed E-state index contributed by atoms with van der Waals surface area (Å²) in [5, 5.41) is 9.94. The molecule has 7 nitrogen and oxygen atoms in total. The van der Waals surface area contributed by atoms with Gasteiger partial charge >= 0.3 is 6.03 Å². The number of urea groups is 1. The second-order valence-electron chi connectivity index (χ2n) is 11.4. The summed E-state index contributed by atoms with van der Waals surface area (Å²) in [6.45, 7) is 8.57. The van der Waals surface area contributed by atoms with Crippen molar-refractivity contribution in [3.8, 4) is 0 Å². The van der Waals surface area contributed by atoms with Crippen molar-refractivity contribution in [3.63, 3.8) is 0 Å². The first kappa shape index (κ1) is 25.3. The lowest BCUT2D eigenvalue weighted by atomic mass is 9.84. The van der Waals surface area contributed by atoms with E-state index in [2.05, 4.69) is 67.8 Å². The highest BCUT2D eigenvalue weighted by Gasteiger charge is 2.26. The molecule has 1 aromatic carbocycles. The van der Waals surface area contributed by atoms with Gasteiger partial charge in [-0.25, -0.2) is 9.78 Å². The summed E-state index contributed by atoms with van der Waals surface area (Å²) in [7, 11) is 4.12. The van der Waals surface area contributed by atoms with Crippen LogP contribution in [0.15, 0.2) is 18.2 Å². The third kappa shape index (κ3) is 6.06. The van der Waals surface area contributed by atoms with Crippen molar-refractivity contribution < 1.29 is 4.79 Å². The molecule has 2 aromatic rings. The van der Waals surface area contributed by atoms with Gasteiger partial charge in [-0.1, -0.05) is 39.0 Å². The van der Waals surface area contributed by atoms with E-state index in [4.69, 9.17) is 9.97 Å². The number of carbonyl (C=O) groups excluding carboxylic acids is 1. The van der Waals surface area contributed by atoms with E-state index in [9.17, 15) is 4.79 Å². The molecule has 0 saturated heterocycles. The Bertz CT molecular complexity index is 1050. The topological polar surface area (TPSA) is 82.2 Å². The number of amides is 2. The van der Waals surface area contributed by atoms with Gasteiger partial charge in [-0.15, -0.1) is 0 Å². The van der Waals surface area contributed by atoms with Crippen LogP contribution in [0, 0.1) is 6.92 Å². The normalized spacial score (nSPS) is 20.1. The molecule has 1 heterocycles.